The number of hydrogen-bond acceptors (Lipinski definition) is 2. The predicted molar refractivity (Wildman–Crippen MR) is 90.4 cm³/mol. The van der Waals surface area contributed by atoms with Gasteiger partial charge in [0.15, 0.2) is 0 Å². The Morgan fingerprint density at radius 3 is 2.18 bits per heavy atom. The lowest BCUT2D eigenvalue weighted by atomic mass is 9.83. The van der Waals surface area contributed by atoms with Gasteiger partial charge in [0, 0.05) is 25.4 Å². The molecule has 0 radical (unpaired) electrons. The number of allylic oxidation sites excluding steroid dienone is 2. The van der Waals surface area contributed by atoms with Crippen molar-refractivity contribution in [1.29, 1.82) is 0 Å². The van der Waals surface area contributed by atoms with Crippen LogP contribution >= 0.6 is 0 Å². The Hall–Kier alpha value is -1.58. The molecule has 0 aliphatic heterocycles. The van der Waals surface area contributed by atoms with E-state index >= 15 is 0 Å². The first-order chi connectivity index (χ1) is 10.7. The van der Waals surface area contributed by atoms with Crippen LogP contribution in [-0.4, -0.2) is 24.4 Å². The van der Waals surface area contributed by atoms with E-state index in [1.54, 1.807) is 12.2 Å². The standard InChI is InChI=1S/C18H30N2O2/c1-3-5-12-17(21)19-14-16(15-10-8-7-9-11-15)20-18(22)13-6-4-2/h3-4,15-16H,1-2,5-14H2,(H,19,21)(H,20,22). The van der Waals surface area contributed by atoms with Gasteiger partial charge in [-0.2, -0.15) is 0 Å². The van der Waals surface area contributed by atoms with E-state index in [2.05, 4.69) is 23.8 Å². The third kappa shape index (κ3) is 7.43. The lowest BCUT2D eigenvalue weighted by molar-refractivity contribution is -0.124. The molecule has 124 valence electrons. The molecule has 0 aromatic carbocycles. The van der Waals surface area contributed by atoms with Crippen LogP contribution in [0.3, 0.4) is 0 Å². The van der Waals surface area contributed by atoms with E-state index in [-0.39, 0.29) is 17.9 Å². The van der Waals surface area contributed by atoms with Gasteiger partial charge in [-0.15, -0.1) is 13.2 Å². The van der Waals surface area contributed by atoms with Crippen LogP contribution in [0.2, 0.25) is 0 Å². The number of nitrogens with one attached hydrogen (secondary N) is 2. The van der Waals surface area contributed by atoms with E-state index in [4.69, 9.17) is 0 Å². The molecule has 0 bridgehead atoms. The second-order valence-electron chi connectivity index (χ2n) is 6.03. The smallest absolute Gasteiger partial charge is 0.220 e. The zero-order valence-electron chi connectivity index (χ0n) is 13.6. The van der Waals surface area contributed by atoms with Crippen LogP contribution < -0.4 is 10.6 Å². The Labute approximate surface area is 134 Å². The molecular formula is C18H30N2O2. The van der Waals surface area contributed by atoms with Crippen molar-refractivity contribution in [2.24, 2.45) is 5.92 Å². The Kier molecular flexibility index (Phi) is 9.28. The summed E-state index contributed by atoms with van der Waals surface area (Å²) in [7, 11) is 0. The first-order valence-electron chi connectivity index (χ1n) is 8.45. The summed E-state index contributed by atoms with van der Waals surface area (Å²) < 4.78 is 0. The Balaban J connectivity index is 2.49. The average molecular weight is 306 g/mol. The number of carbonyl (C=O) groups is 2. The van der Waals surface area contributed by atoms with E-state index in [0.29, 0.717) is 38.1 Å². The second-order valence-corrected chi connectivity index (χ2v) is 6.03. The third-order valence-electron chi connectivity index (χ3n) is 4.24. The van der Waals surface area contributed by atoms with Gasteiger partial charge in [0.25, 0.3) is 0 Å². The van der Waals surface area contributed by atoms with Crippen molar-refractivity contribution in [3.05, 3.63) is 25.3 Å². The van der Waals surface area contributed by atoms with Gasteiger partial charge in [0.2, 0.25) is 11.8 Å². The minimum absolute atomic E-state index is 0.0287. The zero-order chi connectivity index (χ0) is 16.2. The molecule has 0 aromatic heterocycles. The third-order valence-corrected chi connectivity index (χ3v) is 4.24. The topological polar surface area (TPSA) is 58.2 Å². The highest BCUT2D eigenvalue weighted by molar-refractivity contribution is 5.77. The monoisotopic (exact) mass is 306 g/mol. The lowest BCUT2D eigenvalue weighted by Gasteiger charge is -2.31. The molecule has 0 heterocycles. The summed E-state index contributed by atoms with van der Waals surface area (Å²) >= 11 is 0. The summed E-state index contributed by atoms with van der Waals surface area (Å²) in [6.45, 7) is 7.80. The number of amides is 2. The molecule has 1 aliphatic rings. The van der Waals surface area contributed by atoms with Crippen molar-refractivity contribution >= 4 is 11.8 Å². The van der Waals surface area contributed by atoms with E-state index < -0.39 is 0 Å². The summed E-state index contributed by atoms with van der Waals surface area (Å²) in [5.74, 6) is 0.554. The molecule has 2 N–H and O–H groups in total. The van der Waals surface area contributed by atoms with Crippen molar-refractivity contribution in [2.75, 3.05) is 6.54 Å². The second kappa shape index (κ2) is 11.0. The number of carbonyl (C=O) groups excluding carboxylic acids is 2. The van der Waals surface area contributed by atoms with Crippen LogP contribution in [0.15, 0.2) is 25.3 Å². The van der Waals surface area contributed by atoms with Gasteiger partial charge in [0.05, 0.1) is 0 Å². The lowest BCUT2D eigenvalue weighted by Crippen LogP contribution is -2.48. The SMILES string of the molecule is C=CCCC(=O)NCC(NC(=O)CCC=C)C1CCCCC1. The van der Waals surface area contributed by atoms with Crippen LogP contribution in [0.25, 0.3) is 0 Å². The molecule has 1 unspecified atom stereocenters. The summed E-state index contributed by atoms with van der Waals surface area (Å²) in [4.78, 5) is 23.7. The van der Waals surface area contributed by atoms with Gasteiger partial charge >= 0.3 is 0 Å². The van der Waals surface area contributed by atoms with Crippen molar-refractivity contribution in [3.8, 4) is 0 Å². The van der Waals surface area contributed by atoms with E-state index in [0.717, 1.165) is 12.8 Å². The van der Waals surface area contributed by atoms with Crippen molar-refractivity contribution in [3.63, 3.8) is 0 Å². The fraction of sp³-hybridized carbons (Fsp3) is 0.667. The van der Waals surface area contributed by atoms with Crippen LogP contribution in [-0.2, 0) is 9.59 Å². The van der Waals surface area contributed by atoms with E-state index in [1.165, 1.54) is 19.3 Å². The Morgan fingerprint density at radius 1 is 1.00 bits per heavy atom. The molecule has 2 amide bonds. The zero-order valence-corrected chi connectivity index (χ0v) is 13.6. The fourth-order valence-electron chi connectivity index (χ4n) is 2.93. The first-order valence-corrected chi connectivity index (χ1v) is 8.45. The normalized spacial score (nSPS) is 16.5. The minimum Gasteiger partial charge on any atom is -0.354 e. The summed E-state index contributed by atoms with van der Waals surface area (Å²) in [5.41, 5.74) is 0. The number of hydrogen-bond donors (Lipinski definition) is 2. The summed E-state index contributed by atoms with van der Waals surface area (Å²) in [6, 6.07) is 0.0466. The van der Waals surface area contributed by atoms with E-state index in [1.807, 2.05) is 0 Å². The van der Waals surface area contributed by atoms with Gasteiger partial charge in [-0.1, -0.05) is 31.4 Å². The first kappa shape index (κ1) is 18.5. The molecule has 4 heteroatoms. The van der Waals surface area contributed by atoms with Crippen LogP contribution in [0.5, 0.6) is 0 Å². The van der Waals surface area contributed by atoms with Crippen molar-refractivity contribution in [1.82, 2.24) is 10.6 Å². The quantitative estimate of drug-likeness (QED) is 0.609. The molecule has 4 nitrogen and oxygen atoms in total. The van der Waals surface area contributed by atoms with Crippen LogP contribution in [0.1, 0.15) is 57.8 Å². The molecule has 22 heavy (non-hydrogen) atoms. The molecule has 0 spiro atoms. The van der Waals surface area contributed by atoms with Crippen LogP contribution in [0.4, 0.5) is 0 Å². The Morgan fingerprint density at radius 2 is 1.59 bits per heavy atom. The molecule has 1 aliphatic carbocycles. The molecular weight excluding hydrogens is 276 g/mol. The van der Waals surface area contributed by atoms with Gasteiger partial charge in [-0.05, 0) is 31.6 Å². The highest BCUT2D eigenvalue weighted by atomic mass is 16.2. The molecule has 1 fully saturated rings. The predicted octanol–water partition coefficient (Wildman–Crippen LogP) is 3.10. The number of rotatable bonds is 10. The van der Waals surface area contributed by atoms with Crippen molar-refractivity contribution in [2.45, 2.75) is 63.8 Å². The molecule has 1 saturated carbocycles. The van der Waals surface area contributed by atoms with Gasteiger partial charge in [0.1, 0.15) is 0 Å². The fourth-order valence-corrected chi connectivity index (χ4v) is 2.93. The highest BCUT2D eigenvalue weighted by Crippen LogP contribution is 2.26. The van der Waals surface area contributed by atoms with Gasteiger partial charge in [-0.25, -0.2) is 0 Å². The maximum Gasteiger partial charge on any atom is 0.220 e. The minimum atomic E-state index is 0.0287. The van der Waals surface area contributed by atoms with Crippen molar-refractivity contribution < 1.29 is 9.59 Å². The molecule has 1 rings (SSSR count). The average Bonchev–Trinajstić information content (AvgIpc) is 2.55. The molecule has 1 atom stereocenters. The largest absolute Gasteiger partial charge is 0.354 e. The maximum atomic E-state index is 12.0. The van der Waals surface area contributed by atoms with Gasteiger partial charge < -0.3 is 10.6 Å². The van der Waals surface area contributed by atoms with E-state index in [9.17, 15) is 9.59 Å². The van der Waals surface area contributed by atoms with Crippen LogP contribution in [0, 0.1) is 5.92 Å². The summed E-state index contributed by atoms with van der Waals surface area (Å²) in [5, 5.41) is 6.07. The molecule has 0 aromatic rings. The van der Waals surface area contributed by atoms with Gasteiger partial charge in [-0.3, -0.25) is 9.59 Å². The highest BCUT2D eigenvalue weighted by Gasteiger charge is 2.25. The molecule has 0 saturated heterocycles. The summed E-state index contributed by atoms with van der Waals surface area (Å²) in [6.07, 6.45) is 11.8. The Bertz CT molecular complexity index is 373. The maximum absolute atomic E-state index is 12.0.